The Morgan fingerprint density at radius 3 is 2.75 bits per heavy atom. The zero-order valence-corrected chi connectivity index (χ0v) is 18.8. The minimum absolute atomic E-state index is 0.280. The Bertz CT molecular complexity index is 1210. The second-order valence-corrected chi connectivity index (χ2v) is 9.14. The third-order valence-corrected chi connectivity index (χ3v) is 6.83. The number of likely N-dealkylation sites (tertiary alicyclic amines) is 1. The van der Waals surface area contributed by atoms with Crippen LogP contribution in [-0.4, -0.2) is 38.2 Å². The van der Waals surface area contributed by atoms with E-state index in [0.29, 0.717) is 18.4 Å². The van der Waals surface area contributed by atoms with Crippen molar-refractivity contribution in [2.45, 2.75) is 45.7 Å². The van der Waals surface area contributed by atoms with Gasteiger partial charge in [-0.3, -0.25) is 9.89 Å². The largest absolute Gasteiger partial charge is 0.345 e. The first-order valence-corrected chi connectivity index (χ1v) is 11.5. The van der Waals surface area contributed by atoms with Crippen LogP contribution in [0.1, 0.15) is 31.0 Å². The van der Waals surface area contributed by atoms with E-state index < -0.39 is 0 Å². The van der Waals surface area contributed by atoms with Crippen LogP contribution in [0.5, 0.6) is 0 Å². The average molecular weight is 427 g/mol. The van der Waals surface area contributed by atoms with Gasteiger partial charge in [-0.1, -0.05) is 36.4 Å². The van der Waals surface area contributed by atoms with Gasteiger partial charge in [0.25, 0.3) is 0 Å². The number of hydrogen-bond acceptors (Lipinski definition) is 2. The molecule has 2 atom stereocenters. The van der Waals surface area contributed by atoms with Gasteiger partial charge in [0.2, 0.25) is 5.91 Å². The highest BCUT2D eigenvalue weighted by Crippen LogP contribution is 2.30. The van der Waals surface area contributed by atoms with E-state index in [1.165, 1.54) is 27.7 Å². The molecule has 2 aromatic heterocycles. The van der Waals surface area contributed by atoms with E-state index in [-0.39, 0.29) is 5.91 Å². The first kappa shape index (κ1) is 20.6. The van der Waals surface area contributed by atoms with Gasteiger partial charge in [-0.25, -0.2) is 0 Å². The number of carbonyl (C=O) groups excluding carboxylic acids is 1. The lowest BCUT2D eigenvalue weighted by atomic mass is 10.1. The lowest BCUT2D eigenvalue weighted by molar-refractivity contribution is -0.131. The van der Waals surface area contributed by atoms with Crippen molar-refractivity contribution in [1.82, 2.24) is 19.7 Å². The summed E-state index contributed by atoms with van der Waals surface area (Å²) in [6.07, 6.45) is 6.24. The Morgan fingerprint density at radius 2 is 1.97 bits per heavy atom. The maximum atomic E-state index is 12.9. The van der Waals surface area contributed by atoms with Crippen LogP contribution < -0.4 is 0 Å². The van der Waals surface area contributed by atoms with Crippen LogP contribution in [0.3, 0.4) is 0 Å². The predicted molar refractivity (Wildman–Crippen MR) is 128 cm³/mol. The number of hydrogen-bond donors (Lipinski definition) is 1. The molecule has 2 aromatic carbocycles. The number of H-pyrrole nitrogens is 1. The van der Waals surface area contributed by atoms with Crippen molar-refractivity contribution in [3.05, 3.63) is 78.2 Å². The Kier molecular flexibility index (Phi) is 5.56. The molecule has 0 bridgehead atoms. The van der Waals surface area contributed by atoms with Crippen molar-refractivity contribution in [1.29, 1.82) is 0 Å². The number of aryl methyl sites for hydroxylation is 2. The van der Waals surface area contributed by atoms with Gasteiger partial charge in [0, 0.05) is 53.9 Å². The molecule has 1 unspecified atom stereocenters. The normalized spacial score (nSPS) is 18.5. The lowest BCUT2D eigenvalue weighted by Gasteiger charge is -2.21. The van der Waals surface area contributed by atoms with E-state index in [2.05, 4.69) is 69.9 Å². The number of benzene rings is 2. The average Bonchev–Trinajstić information content (AvgIpc) is 3.53. The summed E-state index contributed by atoms with van der Waals surface area (Å²) < 4.78 is 2.42. The molecule has 1 amide bonds. The summed E-state index contributed by atoms with van der Waals surface area (Å²) in [7, 11) is 0. The number of aromatic amines is 1. The summed E-state index contributed by atoms with van der Waals surface area (Å²) in [5, 5.41) is 8.21. The molecular formula is C27H30N4O. The van der Waals surface area contributed by atoms with E-state index in [1.54, 1.807) is 0 Å². The molecule has 164 valence electrons. The van der Waals surface area contributed by atoms with Gasteiger partial charge >= 0.3 is 0 Å². The van der Waals surface area contributed by atoms with E-state index in [9.17, 15) is 4.79 Å². The molecule has 5 nitrogen and oxygen atoms in total. The highest BCUT2D eigenvalue weighted by molar-refractivity contribution is 5.86. The van der Waals surface area contributed by atoms with E-state index >= 15 is 0 Å². The first-order valence-electron chi connectivity index (χ1n) is 11.5. The molecule has 0 radical (unpaired) electrons. The number of nitrogens with zero attached hydrogens (tertiary/aromatic N) is 3. The molecule has 1 aliphatic heterocycles. The molecule has 0 saturated carbocycles. The highest BCUT2D eigenvalue weighted by Gasteiger charge is 2.32. The van der Waals surface area contributed by atoms with Crippen molar-refractivity contribution in [2.75, 3.05) is 6.54 Å². The SMILES string of the molecule is Cc1cc2cc(-c3cn[nH]c3)ccc2n1CC1C[C@H](C)N(C(=O)CCc2ccccc2)C1. The summed E-state index contributed by atoms with van der Waals surface area (Å²) >= 11 is 0. The molecule has 1 aliphatic rings. The van der Waals surface area contributed by atoms with Gasteiger partial charge in [-0.2, -0.15) is 5.10 Å². The van der Waals surface area contributed by atoms with Crippen molar-refractivity contribution >= 4 is 16.8 Å². The monoisotopic (exact) mass is 426 g/mol. The quantitative estimate of drug-likeness (QED) is 0.460. The molecule has 4 aromatic rings. The number of amides is 1. The van der Waals surface area contributed by atoms with E-state index in [1.807, 2.05) is 30.6 Å². The summed E-state index contributed by atoms with van der Waals surface area (Å²) in [5.41, 5.74) is 6.04. The Hall–Kier alpha value is -3.34. The van der Waals surface area contributed by atoms with Gasteiger partial charge in [-0.15, -0.1) is 0 Å². The van der Waals surface area contributed by atoms with Gasteiger partial charge in [-0.05, 0) is 61.9 Å². The minimum Gasteiger partial charge on any atom is -0.345 e. The molecule has 1 N–H and O–H groups in total. The van der Waals surface area contributed by atoms with Crippen LogP contribution in [0.4, 0.5) is 0 Å². The zero-order valence-electron chi connectivity index (χ0n) is 18.8. The molecule has 32 heavy (non-hydrogen) atoms. The van der Waals surface area contributed by atoms with Crippen molar-refractivity contribution in [3.63, 3.8) is 0 Å². The van der Waals surface area contributed by atoms with Crippen LogP contribution in [-0.2, 0) is 17.8 Å². The van der Waals surface area contributed by atoms with Crippen LogP contribution in [0.15, 0.2) is 67.0 Å². The molecule has 5 rings (SSSR count). The summed E-state index contributed by atoms with van der Waals surface area (Å²) in [6, 6.07) is 19.5. The fourth-order valence-corrected chi connectivity index (χ4v) is 5.16. The molecular weight excluding hydrogens is 396 g/mol. The molecule has 3 heterocycles. The predicted octanol–water partition coefficient (Wildman–Crippen LogP) is 5.21. The van der Waals surface area contributed by atoms with Crippen LogP contribution in [0.2, 0.25) is 0 Å². The molecule has 1 fully saturated rings. The van der Waals surface area contributed by atoms with E-state index in [0.717, 1.165) is 31.5 Å². The third-order valence-electron chi connectivity index (χ3n) is 6.83. The van der Waals surface area contributed by atoms with Gasteiger partial charge in [0.15, 0.2) is 0 Å². The molecule has 5 heteroatoms. The molecule has 0 spiro atoms. The van der Waals surface area contributed by atoms with Gasteiger partial charge in [0.05, 0.1) is 6.20 Å². The Balaban J connectivity index is 1.27. The van der Waals surface area contributed by atoms with Crippen LogP contribution >= 0.6 is 0 Å². The summed E-state index contributed by atoms with van der Waals surface area (Å²) in [4.78, 5) is 15.0. The zero-order chi connectivity index (χ0) is 22.1. The minimum atomic E-state index is 0.280. The standard InChI is InChI=1S/C27H30N4O/c1-19-12-22(18-31(19)27(32)11-8-21-6-4-3-5-7-21)17-30-20(2)13-24-14-23(9-10-26(24)30)25-15-28-29-16-25/h3-7,9-10,13-16,19,22H,8,11-12,17-18H2,1-2H3,(H,28,29)/t19-,22?/m0/s1. The maximum Gasteiger partial charge on any atom is 0.223 e. The Labute approximate surface area is 189 Å². The number of aromatic nitrogens is 3. The van der Waals surface area contributed by atoms with Crippen molar-refractivity contribution < 1.29 is 4.79 Å². The summed E-state index contributed by atoms with van der Waals surface area (Å²) in [5.74, 6) is 0.760. The number of carbonyl (C=O) groups is 1. The fourth-order valence-electron chi connectivity index (χ4n) is 5.16. The van der Waals surface area contributed by atoms with Gasteiger partial charge in [0.1, 0.15) is 0 Å². The first-order chi connectivity index (χ1) is 15.6. The number of rotatable bonds is 6. The topological polar surface area (TPSA) is 53.9 Å². The second-order valence-electron chi connectivity index (χ2n) is 9.14. The Morgan fingerprint density at radius 1 is 1.12 bits per heavy atom. The van der Waals surface area contributed by atoms with Crippen LogP contribution in [0, 0.1) is 12.8 Å². The number of nitrogens with one attached hydrogen (secondary N) is 1. The van der Waals surface area contributed by atoms with Gasteiger partial charge < -0.3 is 9.47 Å². The fraction of sp³-hybridized carbons (Fsp3) is 0.333. The van der Waals surface area contributed by atoms with E-state index in [4.69, 9.17) is 0 Å². The van der Waals surface area contributed by atoms with Crippen LogP contribution in [0.25, 0.3) is 22.0 Å². The molecule has 1 saturated heterocycles. The highest BCUT2D eigenvalue weighted by atomic mass is 16.2. The smallest absolute Gasteiger partial charge is 0.223 e. The van der Waals surface area contributed by atoms with Crippen molar-refractivity contribution in [2.24, 2.45) is 5.92 Å². The lowest BCUT2D eigenvalue weighted by Crippen LogP contribution is -2.34. The number of fused-ring (bicyclic) bond motifs is 1. The third kappa shape index (κ3) is 4.07. The summed E-state index contributed by atoms with van der Waals surface area (Å²) in [6.45, 7) is 6.17. The molecule has 0 aliphatic carbocycles. The maximum absolute atomic E-state index is 12.9. The van der Waals surface area contributed by atoms with Crippen molar-refractivity contribution in [3.8, 4) is 11.1 Å². The second kappa shape index (κ2) is 8.65.